The van der Waals surface area contributed by atoms with Gasteiger partial charge in [0.25, 0.3) is 0 Å². The van der Waals surface area contributed by atoms with Gasteiger partial charge in [-0.2, -0.15) is 4.72 Å². The highest BCUT2D eigenvalue weighted by molar-refractivity contribution is 7.89. The molecular weight excluding hydrogens is 330 g/mol. The summed E-state index contributed by atoms with van der Waals surface area (Å²) < 4.78 is 37.0. The molecule has 0 heterocycles. The molecule has 2 aromatic rings. The molecule has 0 aliphatic carbocycles. The maximum Gasteiger partial charge on any atom is 0.321 e. The normalized spacial score (nSPS) is 11.1. The van der Waals surface area contributed by atoms with E-state index < -0.39 is 22.5 Å². The number of sulfonamides is 1. The molecule has 0 spiro atoms. The van der Waals surface area contributed by atoms with Gasteiger partial charge in [-0.1, -0.05) is 36.4 Å². The van der Waals surface area contributed by atoms with Crippen molar-refractivity contribution >= 4 is 16.0 Å². The first kappa shape index (κ1) is 18.0. The first-order valence-electron chi connectivity index (χ1n) is 7.26. The first-order chi connectivity index (χ1) is 11.4. The van der Waals surface area contributed by atoms with Gasteiger partial charge in [-0.25, -0.2) is 8.42 Å². The number of carbonyl (C=O) groups excluding carboxylic acids is 1. The molecule has 0 radical (unpaired) electrons. The van der Waals surface area contributed by atoms with Crippen LogP contribution < -0.4 is 9.46 Å². The van der Waals surface area contributed by atoms with Crippen molar-refractivity contribution in [2.24, 2.45) is 0 Å². The van der Waals surface area contributed by atoms with Crippen LogP contribution in [0.2, 0.25) is 0 Å². The summed E-state index contributed by atoms with van der Waals surface area (Å²) in [4.78, 5) is 11.7. The van der Waals surface area contributed by atoms with Gasteiger partial charge in [0.1, 0.15) is 23.8 Å². The fraction of sp³-hybridized carbons (Fsp3) is 0.235. The minimum Gasteiger partial charge on any atom is -0.495 e. The van der Waals surface area contributed by atoms with Crippen LogP contribution in [0.15, 0.2) is 53.4 Å². The highest BCUT2D eigenvalue weighted by atomic mass is 32.2. The molecule has 24 heavy (non-hydrogen) atoms. The molecule has 0 unspecified atom stereocenters. The van der Waals surface area contributed by atoms with Crippen molar-refractivity contribution < 1.29 is 22.7 Å². The number of esters is 1. The van der Waals surface area contributed by atoms with Crippen molar-refractivity contribution in [1.29, 1.82) is 0 Å². The van der Waals surface area contributed by atoms with Crippen molar-refractivity contribution in [2.75, 3.05) is 13.7 Å². The lowest BCUT2D eigenvalue weighted by Gasteiger charge is -2.11. The van der Waals surface area contributed by atoms with Crippen LogP contribution in [-0.4, -0.2) is 28.0 Å². The molecule has 0 aromatic heterocycles. The Balaban J connectivity index is 1.97. The molecule has 0 saturated carbocycles. The topological polar surface area (TPSA) is 81.7 Å². The third kappa shape index (κ3) is 4.81. The molecule has 128 valence electrons. The van der Waals surface area contributed by atoms with E-state index in [1.165, 1.54) is 13.2 Å². The van der Waals surface area contributed by atoms with Crippen molar-refractivity contribution in [1.82, 2.24) is 4.72 Å². The largest absolute Gasteiger partial charge is 0.495 e. The third-order valence-corrected chi connectivity index (χ3v) is 4.68. The molecular formula is C17H19NO5S. The maximum absolute atomic E-state index is 12.3. The monoisotopic (exact) mass is 349 g/mol. The van der Waals surface area contributed by atoms with E-state index in [2.05, 4.69) is 4.72 Å². The van der Waals surface area contributed by atoms with Gasteiger partial charge in [-0.3, -0.25) is 4.79 Å². The molecule has 1 N–H and O–H groups in total. The van der Waals surface area contributed by atoms with E-state index in [4.69, 9.17) is 9.47 Å². The minimum absolute atomic E-state index is 0.0131. The average Bonchev–Trinajstić information content (AvgIpc) is 2.59. The number of aryl methyl sites for hydroxylation is 1. The van der Waals surface area contributed by atoms with E-state index >= 15 is 0 Å². The smallest absolute Gasteiger partial charge is 0.321 e. The quantitative estimate of drug-likeness (QED) is 0.774. The standard InChI is InChI=1S/C17H19NO5S/c1-13-8-9-15(22-2)16(10-13)24(20,21)18-11-17(19)23-12-14-6-4-3-5-7-14/h3-10,18H,11-12H2,1-2H3. The zero-order valence-corrected chi connectivity index (χ0v) is 14.3. The molecule has 6 nitrogen and oxygen atoms in total. The number of hydrogen-bond donors (Lipinski definition) is 1. The van der Waals surface area contributed by atoms with Crippen LogP contribution in [0.1, 0.15) is 11.1 Å². The molecule has 0 atom stereocenters. The number of methoxy groups -OCH3 is 1. The second-order valence-corrected chi connectivity index (χ2v) is 6.86. The van der Waals surface area contributed by atoms with Crippen LogP contribution in [0.5, 0.6) is 5.75 Å². The number of rotatable bonds is 7. The van der Waals surface area contributed by atoms with Gasteiger partial charge in [0.2, 0.25) is 10.0 Å². The Kier molecular flexibility index (Phi) is 5.94. The Morgan fingerprint density at radius 2 is 1.83 bits per heavy atom. The number of ether oxygens (including phenoxy) is 2. The van der Waals surface area contributed by atoms with Crippen LogP contribution in [-0.2, 0) is 26.2 Å². The summed E-state index contributed by atoms with van der Waals surface area (Å²) in [7, 11) is -2.49. The molecule has 2 aromatic carbocycles. The molecule has 0 aliphatic heterocycles. The SMILES string of the molecule is COc1ccc(C)cc1S(=O)(=O)NCC(=O)OCc1ccccc1. The maximum atomic E-state index is 12.3. The van der Waals surface area contributed by atoms with Gasteiger partial charge in [0.05, 0.1) is 7.11 Å². The summed E-state index contributed by atoms with van der Waals surface area (Å²) in [6.07, 6.45) is 0. The Morgan fingerprint density at radius 1 is 1.12 bits per heavy atom. The predicted molar refractivity (Wildman–Crippen MR) is 89.2 cm³/mol. The van der Waals surface area contributed by atoms with Crippen LogP contribution in [0.4, 0.5) is 0 Å². The van der Waals surface area contributed by atoms with Gasteiger partial charge < -0.3 is 9.47 Å². The molecule has 0 amide bonds. The molecule has 0 bridgehead atoms. The lowest BCUT2D eigenvalue weighted by molar-refractivity contribution is -0.143. The van der Waals surface area contributed by atoms with Gasteiger partial charge in [-0.05, 0) is 30.2 Å². The van der Waals surface area contributed by atoms with Crippen LogP contribution >= 0.6 is 0 Å². The summed E-state index contributed by atoms with van der Waals surface area (Å²) in [5.41, 5.74) is 1.59. The number of carbonyl (C=O) groups is 1. The van der Waals surface area contributed by atoms with Crippen LogP contribution in [0.3, 0.4) is 0 Å². The van der Waals surface area contributed by atoms with Crippen molar-refractivity contribution in [3.63, 3.8) is 0 Å². The van der Waals surface area contributed by atoms with E-state index in [1.807, 2.05) is 30.3 Å². The number of nitrogens with one attached hydrogen (secondary N) is 1. The molecule has 0 aliphatic rings. The summed E-state index contributed by atoms with van der Waals surface area (Å²) in [5, 5.41) is 0. The van der Waals surface area contributed by atoms with E-state index in [-0.39, 0.29) is 17.3 Å². The molecule has 2 rings (SSSR count). The van der Waals surface area contributed by atoms with Gasteiger partial charge in [-0.15, -0.1) is 0 Å². The van der Waals surface area contributed by atoms with Crippen molar-refractivity contribution in [3.8, 4) is 5.75 Å². The Morgan fingerprint density at radius 3 is 2.50 bits per heavy atom. The zero-order chi connectivity index (χ0) is 17.6. The summed E-state index contributed by atoms with van der Waals surface area (Å²) in [6, 6.07) is 13.9. The second kappa shape index (κ2) is 7.94. The fourth-order valence-electron chi connectivity index (χ4n) is 2.01. The fourth-order valence-corrected chi connectivity index (χ4v) is 3.24. The van der Waals surface area contributed by atoms with E-state index in [0.717, 1.165) is 11.1 Å². The van der Waals surface area contributed by atoms with E-state index in [0.29, 0.717) is 0 Å². The van der Waals surface area contributed by atoms with Crippen LogP contribution in [0, 0.1) is 6.92 Å². The van der Waals surface area contributed by atoms with Gasteiger partial charge in [0.15, 0.2) is 0 Å². The number of benzene rings is 2. The number of hydrogen-bond acceptors (Lipinski definition) is 5. The van der Waals surface area contributed by atoms with Gasteiger partial charge >= 0.3 is 5.97 Å². The Hall–Kier alpha value is -2.38. The molecule has 7 heteroatoms. The summed E-state index contributed by atoms with van der Waals surface area (Å²) in [5.74, 6) is -0.445. The van der Waals surface area contributed by atoms with Crippen molar-refractivity contribution in [2.45, 2.75) is 18.4 Å². The Labute approximate surface area is 141 Å². The van der Waals surface area contributed by atoms with Crippen LogP contribution in [0.25, 0.3) is 0 Å². The second-order valence-electron chi connectivity index (χ2n) is 5.13. The predicted octanol–water partition coefficient (Wildman–Crippen LogP) is 2.03. The third-order valence-electron chi connectivity index (χ3n) is 3.26. The molecule has 0 saturated heterocycles. The minimum atomic E-state index is -3.88. The highest BCUT2D eigenvalue weighted by Gasteiger charge is 2.20. The van der Waals surface area contributed by atoms with Crippen molar-refractivity contribution in [3.05, 3.63) is 59.7 Å². The average molecular weight is 349 g/mol. The van der Waals surface area contributed by atoms with E-state index in [1.54, 1.807) is 19.1 Å². The summed E-state index contributed by atoms with van der Waals surface area (Å²) in [6.45, 7) is 1.41. The molecule has 0 fully saturated rings. The van der Waals surface area contributed by atoms with Gasteiger partial charge in [0, 0.05) is 0 Å². The summed E-state index contributed by atoms with van der Waals surface area (Å²) >= 11 is 0. The van der Waals surface area contributed by atoms with E-state index in [9.17, 15) is 13.2 Å². The lowest BCUT2D eigenvalue weighted by Crippen LogP contribution is -2.31. The zero-order valence-electron chi connectivity index (χ0n) is 13.5. The Bertz CT molecular complexity index is 803. The lowest BCUT2D eigenvalue weighted by atomic mass is 10.2. The first-order valence-corrected chi connectivity index (χ1v) is 8.74. The highest BCUT2D eigenvalue weighted by Crippen LogP contribution is 2.24.